The van der Waals surface area contributed by atoms with Crippen molar-refractivity contribution in [1.82, 2.24) is 9.78 Å². The summed E-state index contributed by atoms with van der Waals surface area (Å²) in [6.07, 6.45) is 0.489. The highest BCUT2D eigenvalue weighted by atomic mass is 19.1. The van der Waals surface area contributed by atoms with Crippen LogP contribution in [0.4, 0.5) is 15.8 Å². The van der Waals surface area contributed by atoms with Gasteiger partial charge >= 0.3 is 5.97 Å². The van der Waals surface area contributed by atoms with Gasteiger partial charge in [-0.05, 0) is 37.8 Å². The number of nitrogens with one attached hydrogen (secondary N) is 1. The molecule has 0 unspecified atom stereocenters. The smallest absolute Gasteiger partial charge is 0.306 e. The van der Waals surface area contributed by atoms with Crippen molar-refractivity contribution in [3.05, 3.63) is 51.1 Å². The summed E-state index contributed by atoms with van der Waals surface area (Å²) in [4.78, 5) is 33.9. The summed E-state index contributed by atoms with van der Waals surface area (Å²) in [5.74, 6) is -1.76. The molecule has 10 heteroatoms. The molecule has 0 fully saturated rings. The van der Waals surface area contributed by atoms with Gasteiger partial charge in [-0.25, -0.2) is 4.39 Å². The van der Waals surface area contributed by atoms with Gasteiger partial charge in [0.05, 0.1) is 16.3 Å². The van der Waals surface area contributed by atoms with Crippen molar-refractivity contribution in [2.45, 2.75) is 47.1 Å². The summed E-state index contributed by atoms with van der Waals surface area (Å²) < 4.78 is 20.6. The SMILES string of the molecule is Cc1nn(CC(C)C)c(C)c1CCC(=O)OCC(=O)Nc1cc([N+](=O)[O-])ccc1F. The molecule has 0 aliphatic rings. The zero-order valence-electron chi connectivity index (χ0n) is 17.4. The minimum atomic E-state index is -0.829. The van der Waals surface area contributed by atoms with Crippen molar-refractivity contribution >= 4 is 23.3 Å². The number of nitro groups is 1. The van der Waals surface area contributed by atoms with Gasteiger partial charge in [0.15, 0.2) is 6.61 Å². The van der Waals surface area contributed by atoms with E-state index in [-0.39, 0.29) is 17.8 Å². The van der Waals surface area contributed by atoms with Crippen LogP contribution in [-0.4, -0.2) is 33.2 Å². The molecule has 0 saturated heterocycles. The van der Waals surface area contributed by atoms with Gasteiger partial charge in [0.25, 0.3) is 11.6 Å². The largest absolute Gasteiger partial charge is 0.456 e. The third kappa shape index (κ3) is 6.10. The van der Waals surface area contributed by atoms with E-state index in [9.17, 15) is 24.1 Å². The van der Waals surface area contributed by atoms with Crippen LogP contribution < -0.4 is 5.32 Å². The molecule has 9 nitrogen and oxygen atoms in total. The number of halogens is 1. The Morgan fingerprint density at radius 1 is 1.33 bits per heavy atom. The Bertz CT molecular complexity index is 955. The van der Waals surface area contributed by atoms with Crippen molar-refractivity contribution in [2.24, 2.45) is 5.92 Å². The topological polar surface area (TPSA) is 116 Å². The summed E-state index contributed by atoms with van der Waals surface area (Å²) in [5, 5.41) is 17.4. The first-order valence-corrected chi connectivity index (χ1v) is 9.50. The predicted molar refractivity (Wildman–Crippen MR) is 108 cm³/mol. The van der Waals surface area contributed by atoms with Crippen molar-refractivity contribution in [3.8, 4) is 0 Å². The Labute approximate surface area is 173 Å². The Morgan fingerprint density at radius 2 is 2.03 bits per heavy atom. The van der Waals surface area contributed by atoms with Crippen molar-refractivity contribution < 1.29 is 23.6 Å². The number of benzene rings is 1. The number of anilines is 1. The lowest BCUT2D eigenvalue weighted by atomic mass is 10.1. The van der Waals surface area contributed by atoms with E-state index in [2.05, 4.69) is 24.3 Å². The van der Waals surface area contributed by atoms with E-state index in [1.165, 1.54) is 0 Å². The van der Waals surface area contributed by atoms with Gasteiger partial charge in [0.1, 0.15) is 5.82 Å². The molecule has 2 aromatic rings. The Morgan fingerprint density at radius 3 is 2.67 bits per heavy atom. The van der Waals surface area contributed by atoms with E-state index in [1.807, 2.05) is 18.5 Å². The fourth-order valence-corrected chi connectivity index (χ4v) is 2.97. The Hall–Kier alpha value is -3.30. The molecule has 1 aromatic heterocycles. The third-order valence-corrected chi connectivity index (χ3v) is 4.45. The highest BCUT2D eigenvalue weighted by Gasteiger charge is 2.16. The van der Waals surface area contributed by atoms with Crippen LogP contribution in [0.2, 0.25) is 0 Å². The normalized spacial score (nSPS) is 10.9. The van der Waals surface area contributed by atoms with Gasteiger partial charge in [-0.1, -0.05) is 13.8 Å². The highest BCUT2D eigenvalue weighted by molar-refractivity contribution is 5.93. The number of ether oxygens (including phenoxy) is 1. The van der Waals surface area contributed by atoms with E-state index in [4.69, 9.17) is 4.74 Å². The first kappa shape index (κ1) is 23.0. The van der Waals surface area contributed by atoms with Gasteiger partial charge in [0.2, 0.25) is 0 Å². The molecule has 1 aromatic carbocycles. The first-order valence-electron chi connectivity index (χ1n) is 9.50. The Balaban J connectivity index is 1.87. The fourth-order valence-electron chi connectivity index (χ4n) is 2.97. The number of nitro benzene ring substituents is 1. The molecule has 1 heterocycles. The predicted octanol–water partition coefficient (Wildman–Crippen LogP) is 3.32. The van der Waals surface area contributed by atoms with Crippen LogP contribution in [0.5, 0.6) is 0 Å². The van der Waals surface area contributed by atoms with Crippen LogP contribution in [0.3, 0.4) is 0 Å². The molecular formula is C20H25FN4O5. The number of hydrogen-bond acceptors (Lipinski definition) is 6. The molecule has 0 bridgehead atoms. The summed E-state index contributed by atoms with van der Waals surface area (Å²) in [7, 11) is 0. The molecule has 30 heavy (non-hydrogen) atoms. The summed E-state index contributed by atoms with van der Waals surface area (Å²) in [6.45, 7) is 8.18. The lowest BCUT2D eigenvalue weighted by Gasteiger charge is -2.09. The molecular weight excluding hydrogens is 395 g/mol. The molecule has 0 aliphatic carbocycles. The average Bonchev–Trinajstić information content (AvgIpc) is 2.92. The summed E-state index contributed by atoms with van der Waals surface area (Å²) >= 11 is 0. The molecule has 0 aliphatic heterocycles. The molecule has 162 valence electrons. The van der Waals surface area contributed by atoms with E-state index in [0.29, 0.717) is 12.3 Å². The quantitative estimate of drug-likeness (QED) is 0.378. The first-order chi connectivity index (χ1) is 14.1. The van der Waals surface area contributed by atoms with Gasteiger partial charge < -0.3 is 10.1 Å². The summed E-state index contributed by atoms with van der Waals surface area (Å²) in [5.41, 5.74) is 2.09. The number of carbonyl (C=O) groups is 2. The second-order valence-corrected chi connectivity index (χ2v) is 7.36. The molecule has 0 radical (unpaired) electrons. The number of hydrogen-bond donors (Lipinski definition) is 1. The van der Waals surface area contributed by atoms with Gasteiger partial charge in [-0.3, -0.25) is 24.4 Å². The number of non-ortho nitro benzene ring substituents is 1. The minimum absolute atomic E-state index is 0.0630. The second-order valence-electron chi connectivity index (χ2n) is 7.36. The van der Waals surface area contributed by atoms with Crippen LogP contribution in [0, 0.1) is 35.7 Å². The van der Waals surface area contributed by atoms with Crippen LogP contribution >= 0.6 is 0 Å². The molecule has 0 atom stereocenters. The zero-order chi connectivity index (χ0) is 22.4. The van der Waals surface area contributed by atoms with E-state index >= 15 is 0 Å². The van der Waals surface area contributed by atoms with E-state index in [0.717, 1.165) is 41.7 Å². The molecule has 1 N–H and O–H groups in total. The number of esters is 1. The number of amides is 1. The van der Waals surface area contributed by atoms with E-state index < -0.39 is 29.2 Å². The van der Waals surface area contributed by atoms with Crippen molar-refractivity contribution in [3.63, 3.8) is 0 Å². The zero-order valence-corrected chi connectivity index (χ0v) is 17.4. The van der Waals surface area contributed by atoms with Crippen molar-refractivity contribution in [2.75, 3.05) is 11.9 Å². The van der Waals surface area contributed by atoms with Crippen molar-refractivity contribution in [1.29, 1.82) is 0 Å². The van der Waals surface area contributed by atoms with Gasteiger partial charge in [-0.15, -0.1) is 0 Å². The summed E-state index contributed by atoms with van der Waals surface area (Å²) in [6, 6.07) is 2.76. The van der Waals surface area contributed by atoms with Gasteiger partial charge in [-0.2, -0.15) is 5.10 Å². The lowest BCUT2D eigenvalue weighted by Crippen LogP contribution is -2.21. The molecule has 1 amide bonds. The lowest BCUT2D eigenvalue weighted by molar-refractivity contribution is -0.384. The average molecular weight is 420 g/mol. The number of aromatic nitrogens is 2. The minimum Gasteiger partial charge on any atom is -0.456 e. The molecule has 0 saturated carbocycles. The highest BCUT2D eigenvalue weighted by Crippen LogP contribution is 2.21. The van der Waals surface area contributed by atoms with Crippen LogP contribution in [0.25, 0.3) is 0 Å². The second kappa shape index (κ2) is 9.95. The maximum absolute atomic E-state index is 13.7. The van der Waals surface area contributed by atoms with E-state index in [1.54, 1.807) is 0 Å². The third-order valence-electron chi connectivity index (χ3n) is 4.45. The van der Waals surface area contributed by atoms with Crippen LogP contribution in [-0.2, 0) is 27.3 Å². The molecule has 0 spiro atoms. The maximum Gasteiger partial charge on any atom is 0.306 e. The monoisotopic (exact) mass is 420 g/mol. The number of nitrogens with zero attached hydrogens (tertiary/aromatic N) is 3. The number of aryl methyl sites for hydroxylation is 1. The standard InChI is InChI=1S/C20H25FN4O5/c1-12(2)10-24-14(4)16(13(3)23-24)6-8-20(27)30-11-19(26)22-18-9-15(25(28)29)5-7-17(18)21/h5,7,9,12H,6,8,10-11H2,1-4H3,(H,22,26). The number of carbonyl (C=O) groups excluding carboxylic acids is 2. The van der Waals surface area contributed by atoms with Crippen LogP contribution in [0.15, 0.2) is 18.2 Å². The fraction of sp³-hybridized carbons (Fsp3) is 0.450. The molecule has 2 rings (SSSR count). The van der Waals surface area contributed by atoms with Crippen LogP contribution in [0.1, 0.15) is 37.2 Å². The maximum atomic E-state index is 13.7. The number of rotatable bonds is 9. The van der Waals surface area contributed by atoms with Gasteiger partial charge in [0, 0.05) is 30.8 Å². The Kier molecular flexibility index (Phi) is 7.62.